The Bertz CT molecular complexity index is 149. The fraction of sp³-hybridized carbons (Fsp3) is 1.00. The quantitative estimate of drug-likeness (QED) is 0.664. The Kier molecular flexibility index (Phi) is 4.16. The van der Waals surface area contributed by atoms with Gasteiger partial charge in [-0.05, 0) is 41.0 Å². The molecule has 0 aliphatic carbocycles. The lowest BCUT2D eigenvalue weighted by molar-refractivity contribution is 0.209. The minimum atomic E-state index is 0.667. The predicted molar refractivity (Wildman–Crippen MR) is 57.1 cm³/mol. The van der Waals surface area contributed by atoms with Crippen LogP contribution in [0, 0.1) is 0 Å². The molecule has 1 N–H and O–H groups in total. The van der Waals surface area contributed by atoms with Crippen LogP contribution in [0.25, 0.3) is 0 Å². The van der Waals surface area contributed by atoms with Crippen LogP contribution >= 0.6 is 0 Å². The molecule has 0 aromatic heterocycles. The summed E-state index contributed by atoms with van der Waals surface area (Å²) in [6.45, 7) is 5.81. The van der Waals surface area contributed by atoms with Gasteiger partial charge in [0.15, 0.2) is 0 Å². The Morgan fingerprint density at radius 3 is 2.62 bits per heavy atom. The third-order valence-electron chi connectivity index (χ3n) is 3.21. The van der Waals surface area contributed by atoms with Gasteiger partial charge in [-0.15, -0.1) is 0 Å². The Morgan fingerprint density at radius 2 is 2.00 bits per heavy atom. The summed E-state index contributed by atoms with van der Waals surface area (Å²) in [5.41, 5.74) is 0. The molecule has 78 valence electrons. The van der Waals surface area contributed by atoms with Crippen molar-refractivity contribution < 1.29 is 0 Å². The van der Waals surface area contributed by atoms with E-state index in [0.717, 1.165) is 12.6 Å². The Balaban J connectivity index is 2.52. The summed E-state index contributed by atoms with van der Waals surface area (Å²) in [5, 5.41) is 3.26. The molecule has 0 amide bonds. The minimum absolute atomic E-state index is 0.667. The highest BCUT2D eigenvalue weighted by atomic mass is 15.2. The second-order valence-electron chi connectivity index (χ2n) is 4.27. The molecule has 1 saturated heterocycles. The molecule has 3 nitrogen and oxygen atoms in total. The van der Waals surface area contributed by atoms with Crippen LogP contribution in [0.3, 0.4) is 0 Å². The molecule has 1 heterocycles. The van der Waals surface area contributed by atoms with Gasteiger partial charge in [0.2, 0.25) is 0 Å². The molecule has 3 heteroatoms. The van der Waals surface area contributed by atoms with Crippen molar-refractivity contribution in [3.63, 3.8) is 0 Å². The van der Waals surface area contributed by atoms with Crippen molar-refractivity contribution in [3.05, 3.63) is 0 Å². The lowest BCUT2D eigenvalue weighted by atomic mass is 10.2. The van der Waals surface area contributed by atoms with Crippen molar-refractivity contribution in [1.29, 1.82) is 0 Å². The van der Waals surface area contributed by atoms with Crippen molar-refractivity contribution in [2.75, 3.05) is 40.8 Å². The molecule has 13 heavy (non-hydrogen) atoms. The first-order chi connectivity index (χ1) is 6.15. The zero-order valence-corrected chi connectivity index (χ0v) is 9.38. The van der Waals surface area contributed by atoms with Crippen LogP contribution in [-0.4, -0.2) is 62.7 Å². The van der Waals surface area contributed by atoms with Crippen molar-refractivity contribution in [2.24, 2.45) is 0 Å². The molecule has 0 radical (unpaired) electrons. The fourth-order valence-electron chi connectivity index (χ4n) is 1.90. The van der Waals surface area contributed by atoms with Gasteiger partial charge >= 0.3 is 0 Å². The lowest BCUT2D eigenvalue weighted by Crippen LogP contribution is -2.44. The van der Waals surface area contributed by atoms with Crippen LogP contribution in [0.15, 0.2) is 0 Å². The van der Waals surface area contributed by atoms with Gasteiger partial charge in [0.1, 0.15) is 0 Å². The summed E-state index contributed by atoms with van der Waals surface area (Å²) in [7, 11) is 6.49. The van der Waals surface area contributed by atoms with E-state index in [2.05, 4.69) is 36.1 Å². The topological polar surface area (TPSA) is 18.5 Å². The van der Waals surface area contributed by atoms with Crippen LogP contribution in [0.1, 0.15) is 13.3 Å². The molecule has 1 aliphatic rings. The summed E-state index contributed by atoms with van der Waals surface area (Å²) < 4.78 is 0. The molecule has 0 bridgehead atoms. The van der Waals surface area contributed by atoms with E-state index in [4.69, 9.17) is 0 Å². The first-order valence-corrected chi connectivity index (χ1v) is 5.20. The minimum Gasteiger partial charge on any atom is -0.318 e. The highest BCUT2D eigenvalue weighted by Crippen LogP contribution is 2.11. The number of rotatable bonds is 2. The number of hydrogen-bond donors (Lipinski definition) is 1. The molecule has 2 atom stereocenters. The number of hydrogen-bond acceptors (Lipinski definition) is 3. The number of likely N-dealkylation sites (N-methyl/N-ethyl adjacent to an activating group) is 3. The molecular formula is C10H23N3. The molecule has 0 saturated carbocycles. The van der Waals surface area contributed by atoms with E-state index in [1.54, 1.807) is 0 Å². The molecule has 0 aromatic rings. The third-order valence-corrected chi connectivity index (χ3v) is 3.21. The van der Waals surface area contributed by atoms with Crippen LogP contribution < -0.4 is 5.32 Å². The van der Waals surface area contributed by atoms with Gasteiger partial charge < -0.3 is 15.1 Å². The van der Waals surface area contributed by atoms with E-state index < -0.39 is 0 Å². The first-order valence-electron chi connectivity index (χ1n) is 5.20. The van der Waals surface area contributed by atoms with E-state index in [9.17, 15) is 0 Å². The molecule has 2 unspecified atom stereocenters. The van der Waals surface area contributed by atoms with E-state index in [1.165, 1.54) is 19.5 Å². The van der Waals surface area contributed by atoms with Gasteiger partial charge in [-0.2, -0.15) is 0 Å². The largest absolute Gasteiger partial charge is 0.318 e. The monoisotopic (exact) mass is 185 g/mol. The maximum atomic E-state index is 3.26. The SMILES string of the molecule is CNCC1CN(C)C(C)CCN1C. The highest BCUT2D eigenvalue weighted by Gasteiger charge is 2.23. The van der Waals surface area contributed by atoms with E-state index >= 15 is 0 Å². The van der Waals surface area contributed by atoms with Gasteiger partial charge in [-0.25, -0.2) is 0 Å². The summed E-state index contributed by atoms with van der Waals surface area (Å²) >= 11 is 0. The summed E-state index contributed by atoms with van der Waals surface area (Å²) in [5.74, 6) is 0. The maximum Gasteiger partial charge on any atom is 0.0344 e. The zero-order valence-electron chi connectivity index (χ0n) is 9.38. The normalized spacial score (nSPS) is 33.2. The Hall–Kier alpha value is -0.120. The van der Waals surface area contributed by atoms with Gasteiger partial charge in [0.25, 0.3) is 0 Å². The second kappa shape index (κ2) is 4.94. The predicted octanol–water partition coefficient (Wildman–Crippen LogP) is 0.230. The number of nitrogens with one attached hydrogen (secondary N) is 1. The van der Waals surface area contributed by atoms with Crippen molar-refractivity contribution >= 4 is 0 Å². The fourth-order valence-corrected chi connectivity index (χ4v) is 1.90. The van der Waals surface area contributed by atoms with Gasteiger partial charge in [-0.1, -0.05) is 0 Å². The third kappa shape index (κ3) is 2.93. The molecule has 1 aliphatic heterocycles. The summed E-state index contributed by atoms with van der Waals surface area (Å²) in [6, 6.07) is 1.39. The number of nitrogens with zero attached hydrogens (tertiary/aromatic N) is 2. The second-order valence-corrected chi connectivity index (χ2v) is 4.27. The van der Waals surface area contributed by atoms with E-state index in [1.807, 2.05) is 7.05 Å². The smallest absolute Gasteiger partial charge is 0.0344 e. The highest BCUT2D eigenvalue weighted by molar-refractivity contribution is 4.81. The van der Waals surface area contributed by atoms with Crippen molar-refractivity contribution in [1.82, 2.24) is 15.1 Å². The van der Waals surface area contributed by atoms with Crippen LogP contribution in [0.4, 0.5) is 0 Å². The maximum absolute atomic E-state index is 3.26. The Morgan fingerprint density at radius 1 is 1.31 bits per heavy atom. The Labute approximate surface area is 82.1 Å². The van der Waals surface area contributed by atoms with Crippen LogP contribution in [0.2, 0.25) is 0 Å². The van der Waals surface area contributed by atoms with Crippen LogP contribution in [0.5, 0.6) is 0 Å². The van der Waals surface area contributed by atoms with Gasteiger partial charge in [0.05, 0.1) is 0 Å². The van der Waals surface area contributed by atoms with Gasteiger partial charge in [0, 0.05) is 25.2 Å². The first kappa shape index (κ1) is 11.0. The average molecular weight is 185 g/mol. The zero-order chi connectivity index (χ0) is 9.84. The van der Waals surface area contributed by atoms with Crippen molar-refractivity contribution in [2.45, 2.75) is 25.4 Å². The standard InChI is InChI=1S/C10H23N3/c1-9-5-6-12(3)10(7-11-2)8-13(9)4/h9-11H,5-8H2,1-4H3. The molecular weight excluding hydrogens is 162 g/mol. The van der Waals surface area contributed by atoms with E-state index in [0.29, 0.717) is 6.04 Å². The lowest BCUT2D eigenvalue weighted by Gasteiger charge is -2.28. The average Bonchev–Trinajstić information content (AvgIpc) is 2.21. The van der Waals surface area contributed by atoms with Gasteiger partial charge in [-0.3, -0.25) is 0 Å². The molecule has 0 aromatic carbocycles. The van der Waals surface area contributed by atoms with Crippen LogP contribution in [-0.2, 0) is 0 Å². The summed E-state index contributed by atoms with van der Waals surface area (Å²) in [6.07, 6.45) is 1.28. The van der Waals surface area contributed by atoms with Crippen molar-refractivity contribution in [3.8, 4) is 0 Å². The van der Waals surface area contributed by atoms with E-state index in [-0.39, 0.29) is 0 Å². The summed E-state index contributed by atoms with van der Waals surface area (Å²) in [4.78, 5) is 4.93. The molecule has 1 fully saturated rings. The molecule has 0 spiro atoms. The molecule has 1 rings (SSSR count).